The number of halogens is 7. The number of likely N-dealkylation sites (tertiary alicyclic amines) is 2. The summed E-state index contributed by atoms with van der Waals surface area (Å²) in [6.45, 7) is 4.43. The molecule has 0 radical (unpaired) electrons. The van der Waals surface area contributed by atoms with E-state index in [0.29, 0.717) is 37.1 Å². The Hall–Kier alpha value is -3.96. The van der Waals surface area contributed by atoms with Gasteiger partial charge in [-0.1, -0.05) is 5.16 Å². The smallest absolute Gasteiger partial charge is 0.475 e. The molecular weight excluding hydrogens is 577 g/mol. The molecule has 41 heavy (non-hydrogen) atoms. The van der Waals surface area contributed by atoms with E-state index in [1.54, 1.807) is 24.0 Å². The van der Waals surface area contributed by atoms with Crippen molar-refractivity contribution in [3.8, 4) is 5.88 Å². The molecule has 2 aliphatic rings. The van der Waals surface area contributed by atoms with E-state index in [1.807, 2.05) is 0 Å². The predicted molar refractivity (Wildman–Crippen MR) is 122 cm³/mol. The number of nitrogens with zero attached hydrogens (tertiary/aromatic N) is 4. The lowest BCUT2D eigenvalue weighted by atomic mass is 9.75. The highest BCUT2D eigenvalue weighted by Crippen LogP contribution is 2.39. The number of amides is 1. The van der Waals surface area contributed by atoms with Crippen molar-refractivity contribution in [1.82, 2.24) is 19.9 Å². The summed E-state index contributed by atoms with van der Waals surface area (Å²) in [5, 5.41) is 18.1. The van der Waals surface area contributed by atoms with Crippen molar-refractivity contribution in [3.05, 3.63) is 41.7 Å². The van der Waals surface area contributed by atoms with Crippen LogP contribution in [0, 0.1) is 18.7 Å². The summed E-state index contributed by atoms with van der Waals surface area (Å²) in [6.07, 6.45) is -6.77. The number of likely N-dealkylation sites (N-methyl/N-ethyl adjacent to an activating group) is 1. The minimum Gasteiger partial charge on any atom is -0.475 e. The van der Waals surface area contributed by atoms with Crippen LogP contribution < -0.4 is 4.74 Å². The molecular formula is C23H25F7N4O7. The third-order valence-electron chi connectivity index (χ3n) is 6.12. The number of rotatable bonds is 4. The Labute approximate surface area is 227 Å². The van der Waals surface area contributed by atoms with Gasteiger partial charge in [0, 0.05) is 25.4 Å². The zero-order valence-corrected chi connectivity index (χ0v) is 21.5. The molecule has 228 valence electrons. The maximum atomic E-state index is 13.7. The molecule has 1 atom stereocenters. The summed E-state index contributed by atoms with van der Waals surface area (Å²) >= 11 is 0. The first-order valence-electron chi connectivity index (χ1n) is 11.6. The molecule has 0 aliphatic carbocycles. The van der Waals surface area contributed by atoms with Crippen molar-refractivity contribution < 1.29 is 64.6 Å². The lowest BCUT2D eigenvalue weighted by Gasteiger charge is -2.58. The van der Waals surface area contributed by atoms with Crippen LogP contribution in [0.3, 0.4) is 0 Å². The van der Waals surface area contributed by atoms with Crippen molar-refractivity contribution in [1.29, 1.82) is 0 Å². The molecule has 0 bridgehead atoms. The van der Waals surface area contributed by atoms with Crippen molar-refractivity contribution in [2.24, 2.45) is 5.92 Å². The molecule has 2 saturated heterocycles. The fourth-order valence-corrected chi connectivity index (χ4v) is 4.03. The molecule has 18 heteroatoms. The molecule has 2 aliphatic heterocycles. The first-order chi connectivity index (χ1) is 18.9. The third-order valence-corrected chi connectivity index (χ3v) is 6.12. The van der Waals surface area contributed by atoms with E-state index in [2.05, 4.69) is 22.1 Å². The Balaban J connectivity index is 0.000000349. The largest absolute Gasteiger partial charge is 0.490 e. The van der Waals surface area contributed by atoms with Gasteiger partial charge in [0.05, 0.1) is 12.1 Å². The number of carbonyl (C=O) groups is 3. The van der Waals surface area contributed by atoms with Crippen LogP contribution in [0.5, 0.6) is 5.88 Å². The summed E-state index contributed by atoms with van der Waals surface area (Å²) in [7, 11) is 2.09. The van der Waals surface area contributed by atoms with Crippen LogP contribution in [-0.2, 0) is 9.59 Å². The van der Waals surface area contributed by atoms with Crippen LogP contribution in [0.4, 0.5) is 30.7 Å². The standard InChI is InChI=1S/C19H23FN4O3.2C2HF3O2/c1-13-8-16(22-27-13)18(25)24-11-19(12-24)9-14(5-7-23(19)2)10-26-17-15(20)4-3-6-21-17;2*3-2(4,5)1(6)7/h3-4,6,8,14H,5,7,9-12H2,1-2H3;2*(H,6,7). The molecule has 2 fully saturated rings. The second-order valence-electron chi connectivity index (χ2n) is 9.20. The van der Waals surface area contributed by atoms with Gasteiger partial charge in [-0.05, 0) is 51.4 Å². The number of alkyl halides is 6. The number of aliphatic carboxylic acids is 2. The number of hydrogen-bond donors (Lipinski definition) is 2. The Bertz CT molecular complexity index is 1190. The Morgan fingerprint density at radius 2 is 1.68 bits per heavy atom. The van der Waals surface area contributed by atoms with Crippen LogP contribution in [0.1, 0.15) is 29.1 Å². The molecule has 2 aromatic heterocycles. The minimum absolute atomic E-state index is 0.0522. The van der Waals surface area contributed by atoms with Gasteiger partial charge in [0.15, 0.2) is 11.5 Å². The van der Waals surface area contributed by atoms with Gasteiger partial charge >= 0.3 is 24.3 Å². The number of ether oxygens (including phenoxy) is 1. The van der Waals surface area contributed by atoms with E-state index < -0.39 is 30.1 Å². The predicted octanol–water partition coefficient (Wildman–Crippen LogP) is 3.40. The quantitative estimate of drug-likeness (QED) is 0.500. The van der Waals surface area contributed by atoms with Crippen LogP contribution in [0.2, 0.25) is 0 Å². The average Bonchev–Trinajstić information content (AvgIpc) is 3.28. The van der Waals surface area contributed by atoms with Gasteiger partial charge in [0.2, 0.25) is 5.88 Å². The van der Waals surface area contributed by atoms with E-state index in [4.69, 9.17) is 29.1 Å². The van der Waals surface area contributed by atoms with Gasteiger partial charge in [0.25, 0.3) is 5.91 Å². The lowest BCUT2D eigenvalue weighted by Crippen LogP contribution is -2.72. The molecule has 2 aromatic rings. The van der Waals surface area contributed by atoms with Crippen LogP contribution in [0.25, 0.3) is 0 Å². The molecule has 0 aromatic carbocycles. The Morgan fingerprint density at radius 1 is 1.12 bits per heavy atom. The van der Waals surface area contributed by atoms with Gasteiger partial charge in [-0.25, -0.2) is 19.0 Å². The van der Waals surface area contributed by atoms with Gasteiger partial charge in [-0.15, -0.1) is 0 Å². The fourth-order valence-electron chi connectivity index (χ4n) is 4.03. The highest BCUT2D eigenvalue weighted by atomic mass is 19.4. The van der Waals surface area contributed by atoms with Gasteiger partial charge in [-0.2, -0.15) is 26.3 Å². The molecule has 1 unspecified atom stereocenters. The summed E-state index contributed by atoms with van der Waals surface area (Å²) in [4.78, 5) is 38.4. The maximum Gasteiger partial charge on any atom is 0.490 e. The van der Waals surface area contributed by atoms with E-state index >= 15 is 0 Å². The SMILES string of the molecule is Cc1cc(C(=O)N2CC3(CC(COc4ncccc4F)CCN3C)C2)no1.O=C(O)C(F)(F)F.O=C(O)C(F)(F)F. The number of carboxylic acids is 2. The van der Waals surface area contributed by atoms with E-state index in [1.165, 1.54) is 12.3 Å². The van der Waals surface area contributed by atoms with Crippen LogP contribution >= 0.6 is 0 Å². The monoisotopic (exact) mass is 602 g/mol. The number of hydrogen-bond acceptors (Lipinski definition) is 8. The van der Waals surface area contributed by atoms with Crippen LogP contribution in [0.15, 0.2) is 28.9 Å². The number of pyridine rings is 1. The summed E-state index contributed by atoms with van der Waals surface area (Å²) in [5.74, 6) is -5.07. The molecule has 2 N–H and O–H groups in total. The molecule has 1 spiro atoms. The number of carboxylic acid groups (broad SMARTS) is 2. The first-order valence-corrected chi connectivity index (χ1v) is 11.6. The Kier molecular flexibility index (Phi) is 10.7. The average molecular weight is 602 g/mol. The summed E-state index contributed by atoms with van der Waals surface area (Å²) < 4.78 is 87.8. The minimum atomic E-state index is -5.08. The number of piperidine rings is 1. The van der Waals surface area contributed by atoms with Gasteiger partial charge in [-0.3, -0.25) is 9.69 Å². The second-order valence-corrected chi connectivity index (χ2v) is 9.20. The third kappa shape index (κ3) is 9.29. The maximum absolute atomic E-state index is 13.7. The summed E-state index contributed by atoms with van der Waals surface area (Å²) in [5.41, 5.74) is 0.301. The lowest BCUT2D eigenvalue weighted by molar-refractivity contribution is -0.193. The molecule has 4 rings (SSSR count). The number of aryl methyl sites for hydroxylation is 1. The highest BCUT2D eigenvalue weighted by Gasteiger charge is 2.51. The van der Waals surface area contributed by atoms with Gasteiger partial charge in [0.1, 0.15) is 5.76 Å². The van der Waals surface area contributed by atoms with Crippen molar-refractivity contribution in [3.63, 3.8) is 0 Å². The summed E-state index contributed by atoms with van der Waals surface area (Å²) in [6, 6.07) is 4.55. The highest BCUT2D eigenvalue weighted by molar-refractivity contribution is 5.93. The number of carbonyl (C=O) groups excluding carboxylic acids is 1. The topological polar surface area (TPSA) is 146 Å². The van der Waals surface area contributed by atoms with Crippen molar-refractivity contribution in [2.75, 3.05) is 33.3 Å². The van der Waals surface area contributed by atoms with E-state index in [9.17, 15) is 35.5 Å². The zero-order chi connectivity index (χ0) is 31.2. The number of aromatic nitrogens is 2. The molecule has 4 heterocycles. The molecule has 11 nitrogen and oxygen atoms in total. The van der Waals surface area contributed by atoms with E-state index in [0.717, 1.165) is 19.4 Å². The molecule has 1 amide bonds. The zero-order valence-electron chi connectivity index (χ0n) is 21.5. The van der Waals surface area contributed by atoms with Gasteiger partial charge < -0.3 is 24.4 Å². The van der Waals surface area contributed by atoms with Crippen molar-refractivity contribution in [2.45, 2.75) is 37.7 Å². The molecule has 0 saturated carbocycles. The second kappa shape index (κ2) is 13.1. The van der Waals surface area contributed by atoms with Crippen LogP contribution in [-0.4, -0.2) is 99.2 Å². The Morgan fingerprint density at radius 3 is 2.15 bits per heavy atom. The fraction of sp³-hybridized carbons (Fsp3) is 0.522. The first kappa shape index (κ1) is 33.2. The normalized spacial score (nSPS) is 18.3. The van der Waals surface area contributed by atoms with Crippen molar-refractivity contribution >= 4 is 17.8 Å². The van der Waals surface area contributed by atoms with E-state index in [-0.39, 0.29) is 17.3 Å².